The zero-order valence-corrected chi connectivity index (χ0v) is 13.9. The first-order valence-corrected chi connectivity index (χ1v) is 8.12. The highest BCUT2D eigenvalue weighted by Gasteiger charge is 2.17. The van der Waals surface area contributed by atoms with Gasteiger partial charge >= 0.3 is 0 Å². The van der Waals surface area contributed by atoms with E-state index in [0.29, 0.717) is 0 Å². The van der Waals surface area contributed by atoms with E-state index >= 15 is 0 Å². The lowest BCUT2D eigenvalue weighted by atomic mass is 10.1. The number of ether oxygens (including phenoxy) is 1. The van der Waals surface area contributed by atoms with Crippen molar-refractivity contribution in [1.82, 2.24) is 15.1 Å². The van der Waals surface area contributed by atoms with Gasteiger partial charge in [-0.25, -0.2) is 0 Å². The fraction of sp³-hybridized carbons (Fsp3) is 0.562. The van der Waals surface area contributed by atoms with Gasteiger partial charge in [-0.05, 0) is 36.3 Å². The molecule has 1 fully saturated rings. The van der Waals surface area contributed by atoms with Crippen molar-refractivity contribution in [1.29, 1.82) is 0 Å². The molecule has 22 heavy (non-hydrogen) atoms. The number of aliphatic hydroxyl groups is 1. The van der Waals surface area contributed by atoms with Crippen LogP contribution in [0.5, 0.6) is 5.75 Å². The third-order valence-electron chi connectivity index (χ3n) is 3.92. The van der Waals surface area contributed by atoms with Gasteiger partial charge < -0.3 is 20.1 Å². The topological polar surface area (TPSA) is 48.0 Å². The number of rotatable bonds is 6. The fourth-order valence-corrected chi connectivity index (χ4v) is 2.82. The van der Waals surface area contributed by atoms with Crippen LogP contribution in [-0.4, -0.2) is 73.0 Å². The number of hydrogen-bond donors (Lipinski definition) is 2. The number of aliphatic hydroxyl groups excluding tert-OH is 1. The molecule has 0 spiro atoms. The maximum Gasteiger partial charge on any atom is 0.169 e. The highest BCUT2D eigenvalue weighted by molar-refractivity contribution is 7.80. The van der Waals surface area contributed by atoms with Gasteiger partial charge in [0.15, 0.2) is 5.11 Å². The maximum absolute atomic E-state index is 8.95. The van der Waals surface area contributed by atoms with Crippen LogP contribution in [0, 0.1) is 0 Å². The first-order chi connectivity index (χ1) is 10.7. The van der Waals surface area contributed by atoms with Crippen molar-refractivity contribution in [3.05, 3.63) is 29.8 Å². The molecule has 0 amide bonds. The number of methoxy groups -OCH3 is 1. The van der Waals surface area contributed by atoms with Crippen molar-refractivity contribution in [2.45, 2.75) is 6.42 Å². The van der Waals surface area contributed by atoms with Crippen LogP contribution in [-0.2, 0) is 6.42 Å². The number of β-amino-alcohol motifs (C(OH)–C–C–N with tert-alkyl or cyclic N) is 1. The minimum Gasteiger partial charge on any atom is -0.497 e. The van der Waals surface area contributed by atoms with Crippen LogP contribution in [0.1, 0.15) is 5.56 Å². The summed E-state index contributed by atoms with van der Waals surface area (Å²) in [4.78, 5) is 4.47. The van der Waals surface area contributed by atoms with Crippen molar-refractivity contribution >= 4 is 17.3 Å². The number of benzene rings is 1. The van der Waals surface area contributed by atoms with Gasteiger partial charge in [0.2, 0.25) is 0 Å². The Labute approximate surface area is 137 Å². The smallest absolute Gasteiger partial charge is 0.169 e. The molecule has 5 nitrogen and oxygen atoms in total. The molecule has 1 heterocycles. The standard InChI is InChI=1S/C16H25N3O2S/c1-21-15-4-2-14(3-5-15)6-7-17-16(22)19-10-8-18(9-11-19)12-13-20/h2-5,20H,6-13H2,1H3,(H,17,22). The summed E-state index contributed by atoms with van der Waals surface area (Å²) in [6, 6.07) is 8.12. The normalized spacial score (nSPS) is 15.6. The quantitative estimate of drug-likeness (QED) is 0.753. The summed E-state index contributed by atoms with van der Waals surface area (Å²) in [6.45, 7) is 5.59. The van der Waals surface area contributed by atoms with Gasteiger partial charge in [-0.3, -0.25) is 4.90 Å². The van der Waals surface area contributed by atoms with Crippen LogP contribution < -0.4 is 10.1 Å². The van der Waals surface area contributed by atoms with Gasteiger partial charge in [-0.2, -0.15) is 0 Å². The van der Waals surface area contributed by atoms with Gasteiger partial charge in [0, 0.05) is 39.3 Å². The molecule has 2 rings (SSSR count). The van der Waals surface area contributed by atoms with Crippen LogP contribution in [0.15, 0.2) is 24.3 Å². The molecule has 0 bridgehead atoms. The zero-order valence-electron chi connectivity index (χ0n) is 13.1. The van der Waals surface area contributed by atoms with Crippen LogP contribution in [0.2, 0.25) is 0 Å². The monoisotopic (exact) mass is 323 g/mol. The Balaban J connectivity index is 1.67. The highest BCUT2D eigenvalue weighted by atomic mass is 32.1. The lowest BCUT2D eigenvalue weighted by Gasteiger charge is -2.35. The molecule has 1 aromatic carbocycles. The number of piperazine rings is 1. The van der Waals surface area contributed by atoms with E-state index in [4.69, 9.17) is 22.1 Å². The Bertz CT molecular complexity index is 459. The molecule has 2 N–H and O–H groups in total. The molecule has 0 radical (unpaired) electrons. The first kappa shape index (κ1) is 17.0. The predicted molar refractivity (Wildman–Crippen MR) is 92.4 cm³/mol. The zero-order chi connectivity index (χ0) is 15.8. The van der Waals surface area contributed by atoms with Crippen molar-refractivity contribution in [3.63, 3.8) is 0 Å². The van der Waals surface area contributed by atoms with E-state index in [2.05, 4.69) is 27.2 Å². The van der Waals surface area contributed by atoms with E-state index in [9.17, 15) is 0 Å². The summed E-state index contributed by atoms with van der Waals surface area (Å²) < 4.78 is 5.15. The lowest BCUT2D eigenvalue weighted by Crippen LogP contribution is -2.52. The Kier molecular flexibility index (Phi) is 6.89. The fourth-order valence-electron chi connectivity index (χ4n) is 2.53. The van der Waals surface area contributed by atoms with Crippen molar-refractivity contribution in [3.8, 4) is 5.75 Å². The molecule has 0 aromatic heterocycles. The third-order valence-corrected chi connectivity index (χ3v) is 4.33. The first-order valence-electron chi connectivity index (χ1n) is 7.72. The summed E-state index contributed by atoms with van der Waals surface area (Å²) in [5.41, 5.74) is 1.27. The molecule has 0 aliphatic carbocycles. The minimum atomic E-state index is 0.227. The molecular formula is C16H25N3O2S. The summed E-state index contributed by atoms with van der Waals surface area (Å²) in [7, 11) is 1.68. The number of nitrogens with one attached hydrogen (secondary N) is 1. The van der Waals surface area contributed by atoms with Gasteiger partial charge in [0.25, 0.3) is 0 Å². The maximum atomic E-state index is 8.95. The molecule has 0 unspecified atom stereocenters. The Morgan fingerprint density at radius 2 is 1.91 bits per heavy atom. The minimum absolute atomic E-state index is 0.227. The molecule has 122 valence electrons. The largest absolute Gasteiger partial charge is 0.497 e. The molecule has 0 atom stereocenters. The van der Waals surface area contributed by atoms with E-state index < -0.39 is 0 Å². The van der Waals surface area contributed by atoms with Crippen LogP contribution >= 0.6 is 12.2 Å². The van der Waals surface area contributed by atoms with Crippen LogP contribution in [0.25, 0.3) is 0 Å². The van der Waals surface area contributed by atoms with E-state index in [0.717, 1.165) is 56.6 Å². The Hall–Kier alpha value is -1.37. The number of hydrogen-bond acceptors (Lipinski definition) is 4. The lowest BCUT2D eigenvalue weighted by molar-refractivity contribution is 0.146. The SMILES string of the molecule is COc1ccc(CCNC(=S)N2CCN(CCO)CC2)cc1. The van der Waals surface area contributed by atoms with E-state index in [1.165, 1.54) is 5.56 Å². The summed E-state index contributed by atoms with van der Waals surface area (Å²) in [5, 5.41) is 13.1. The molecule has 1 aliphatic rings. The molecule has 1 aliphatic heterocycles. The van der Waals surface area contributed by atoms with Gasteiger partial charge in [-0.15, -0.1) is 0 Å². The number of nitrogens with zero attached hydrogens (tertiary/aromatic N) is 2. The van der Waals surface area contributed by atoms with Crippen LogP contribution in [0.3, 0.4) is 0 Å². The number of thiocarbonyl (C=S) groups is 1. The van der Waals surface area contributed by atoms with Gasteiger partial charge in [0.1, 0.15) is 5.75 Å². The van der Waals surface area contributed by atoms with Crippen molar-refractivity contribution in [2.24, 2.45) is 0 Å². The molecular weight excluding hydrogens is 298 g/mol. The Morgan fingerprint density at radius 1 is 1.23 bits per heavy atom. The molecule has 0 saturated carbocycles. The second kappa shape index (κ2) is 8.92. The third kappa shape index (κ3) is 5.12. The van der Waals surface area contributed by atoms with E-state index in [1.807, 2.05) is 12.1 Å². The van der Waals surface area contributed by atoms with Gasteiger partial charge in [-0.1, -0.05) is 12.1 Å². The molecule has 1 saturated heterocycles. The van der Waals surface area contributed by atoms with Crippen molar-refractivity contribution in [2.75, 3.05) is 53.0 Å². The second-order valence-corrected chi connectivity index (χ2v) is 5.77. The average molecular weight is 323 g/mol. The molecule has 1 aromatic rings. The molecule has 6 heteroatoms. The van der Waals surface area contributed by atoms with Crippen LogP contribution in [0.4, 0.5) is 0 Å². The summed E-state index contributed by atoms with van der Waals surface area (Å²) in [5.74, 6) is 0.882. The van der Waals surface area contributed by atoms with E-state index in [-0.39, 0.29) is 6.61 Å². The van der Waals surface area contributed by atoms with Gasteiger partial charge in [0.05, 0.1) is 13.7 Å². The average Bonchev–Trinajstić information content (AvgIpc) is 2.56. The Morgan fingerprint density at radius 3 is 2.50 bits per heavy atom. The predicted octanol–water partition coefficient (Wildman–Crippen LogP) is 0.722. The van der Waals surface area contributed by atoms with E-state index in [1.54, 1.807) is 7.11 Å². The summed E-state index contributed by atoms with van der Waals surface area (Å²) in [6.07, 6.45) is 0.939. The second-order valence-electron chi connectivity index (χ2n) is 5.38. The van der Waals surface area contributed by atoms with Crippen molar-refractivity contribution < 1.29 is 9.84 Å². The highest BCUT2D eigenvalue weighted by Crippen LogP contribution is 2.11. The summed E-state index contributed by atoms with van der Waals surface area (Å²) >= 11 is 5.46.